The highest BCUT2D eigenvalue weighted by atomic mass is 32.1. The molecular formula is C16H18N4O7S. The van der Waals surface area contributed by atoms with Crippen molar-refractivity contribution in [3.63, 3.8) is 0 Å². The Balaban J connectivity index is 2.05. The van der Waals surface area contributed by atoms with Crippen molar-refractivity contribution in [1.29, 1.82) is 0 Å². The van der Waals surface area contributed by atoms with Crippen LogP contribution in [0.3, 0.4) is 0 Å². The van der Waals surface area contributed by atoms with E-state index >= 15 is 0 Å². The number of H-pyrrole nitrogens is 1. The fourth-order valence-electron chi connectivity index (χ4n) is 3.03. The molecule has 12 heteroatoms. The third kappa shape index (κ3) is 4.02. The second-order valence-corrected chi connectivity index (χ2v) is 6.46. The topological polar surface area (TPSA) is 135 Å². The quantitative estimate of drug-likeness (QED) is 0.438. The summed E-state index contributed by atoms with van der Waals surface area (Å²) in [5, 5.41) is 0. The summed E-state index contributed by atoms with van der Waals surface area (Å²) < 4.78 is 23.6. The average Bonchev–Trinajstić information content (AvgIpc) is 3.02. The van der Waals surface area contributed by atoms with Crippen LogP contribution in [0.1, 0.15) is 27.0 Å². The van der Waals surface area contributed by atoms with E-state index in [0.717, 1.165) is 0 Å². The smallest absolute Gasteiger partial charge is 0.303 e. The minimum absolute atomic E-state index is 0.0918. The average molecular weight is 410 g/mol. The molecular weight excluding hydrogens is 392 g/mol. The van der Waals surface area contributed by atoms with Gasteiger partial charge in [-0.2, -0.15) is 0 Å². The van der Waals surface area contributed by atoms with Gasteiger partial charge >= 0.3 is 17.9 Å². The van der Waals surface area contributed by atoms with Gasteiger partial charge in [-0.15, -0.1) is 0 Å². The van der Waals surface area contributed by atoms with Crippen molar-refractivity contribution in [3.05, 3.63) is 17.3 Å². The molecule has 1 fully saturated rings. The molecule has 0 amide bonds. The third-order valence-electron chi connectivity index (χ3n) is 3.98. The number of nitrogens with zero attached hydrogens (tertiary/aromatic N) is 3. The van der Waals surface area contributed by atoms with Gasteiger partial charge in [-0.3, -0.25) is 19.0 Å². The summed E-state index contributed by atoms with van der Waals surface area (Å²) >= 11 is 5.15. The molecule has 0 aliphatic carbocycles. The summed E-state index contributed by atoms with van der Waals surface area (Å²) in [4.78, 5) is 45.9. The number of aromatic nitrogens is 4. The molecule has 0 radical (unpaired) electrons. The number of hydrogen-bond donors (Lipinski definition) is 1. The maximum absolute atomic E-state index is 11.7. The summed E-state index contributed by atoms with van der Waals surface area (Å²) in [6.07, 6.45) is -1.21. The van der Waals surface area contributed by atoms with E-state index in [1.165, 1.54) is 33.4 Å². The lowest BCUT2D eigenvalue weighted by Gasteiger charge is -2.40. The predicted octanol–water partition coefficient (Wildman–Crippen LogP) is 0.813. The number of rotatable bonds is 4. The molecule has 150 valence electrons. The molecule has 3 heterocycles. The number of imidazole rings is 1. The van der Waals surface area contributed by atoms with Gasteiger partial charge in [0, 0.05) is 20.8 Å². The number of carbonyl (C=O) groups is 3. The van der Waals surface area contributed by atoms with Gasteiger partial charge in [0.2, 0.25) is 0 Å². The second-order valence-electron chi connectivity index (χ2n) is 6.08. The molecule has 2 aromatic rings. The number of fused-ring (bicyclic) bond motifs is 1. The van der Waals surface area contributed by atoms with Crippen LogP contribution < -0.4 is 0 Å². The lowest BCUT2D eigenvalue weighted by molar-refractivity contribution is -0.239. The van der Waals surface area contributed by atoms with Gasteiger partial charge in [-0.25, -0.2) is 9.97 Å². The van der Waals surface area contributed by atoms with Gasteiger partial charge in [0.15, 0.2) is 29.2 Å². The van der Waals surface area contributed by atoms with Crippen molar-refractivity contribution >= 4 is 41.3 Å². The van der Waals surface area contributed by atoms with Crippen LogP contribution in [-0.2, 0) is 33.3 Å². The van der Waals surface area contributed by atoms with E-state index in [4.69, 9.17) is 31.2 Å². The van der Waals surface area contributed by atoms with Crippen molar-refractivity contribution < 1.29 is 33.3 Å². The van der Waals surface area contributed by atoms with Crippen LogP contribution in [0.4, 0.5) is 0 Å². The minimum Gasteiger partial charge on any atom is -0.456 e. The van der Waals surface area contributed by atoms with Crippen LogP contribution in [-0.4, -0.2) is 62.3 Å². The Morgan fingerprint density at radius 3 is 2.39 bits per heavy atom. The van der Waals surface area contributed by atoms with E-state index in [1.54, 1.807) is 4.57 Å². The molecule has 1 aliphatic heterocycles. The van der Waals surface area contributed by atoms with Crippen LogP contribution in [0.25, 0.3) is 11.2 Å². The van der Waals surface area contributed by atoms with E-state index in [0.29, 0.717) is 11.2 Å². The fourth-order valence-corrected chi connectivity index (χ4v) is 3.23. The largest absolute Gasteiger partial charge is 0.456 e. The minimum atomic E-state index is -1.10. The Labute approximate surface area is 163 Å². The van der Waals surface area contributed by atoms with E-state index in [9.17, 15) is 14.4 Å². The van der Waals surface area contributed by atoms with E-state index in [-0.39, 0.29) is 11.2 Å². The first kappa shape index (κ1) is 19.9. The summed E-state index contributed by atoms with van der Waals surface area (Å²) in [6, 6.07) is 0. The molecule has 0 spiro atoms. The molecule has 0 bridgehead atoms. The Hall–Kier alpha value is -2.86. The highest BCUT2D eigenvalue weighted by Crippen LogP contribution is 2.32. The first-order chi connectivity index (χ1) is 13.3. The molecule has 1 N–H and O–H groups in total. The molecule has 11 nitrogen and oxygen atoms in total. The SMILES string of the molecule is CC(=O)OC1COC(n2cnc3c(=S)nc[nH]c32)C(OC(C)=O)C1OC(C)=O. The van der Waals surface area contributed by atoms with Gasteiger partial charge in [0.25, 0.3) is 0 Å². The number of carbonyl (C=O) groups excluding carboxylic acids is 3. The van der Waals surface area contributed by atoms with Crippen molar-refractivity contribution in [2.24, 2.45) is 0 Å². The molecule has 0 aromatic carbocycles. The molecule has 2 aromatic heterocycles. The highest BCUT2D eigenvalue weighted by molar-refractivity contribution is 7.71. The monoisotopic (exact) mass is 410 g/mol. The Bertz CT molecular complexity index is 971. The zero-order valence-electron chi connectivity index (χ0n) is 15.3. The number of esters is 3. The Morgan fingerprint density at radius 2 is 1.75 bits per heavy atom. The van der Waals surface area contributed by atoms with Crippen molar-refractivity contribution in [1.82, 2.24) is 19.5 Å². The Kier molecular flexibility index (Phi) is 5.70. The van der Waals surface area contributed by atoms with E-state index < -0.39 is 42.4 Å². The molecule has 3 rings (SSSR count). The lowest BCUT2D eigenvalue weighted by Crippen LogP contribution is -2.55. The van der Waals surface area contributed by atoms with Gasteiger partial charge < -0.3 is 23.9 Å². The second kappa shape index (κ2) is 8.02. The van der Waals surface area contributed by atoms with Crippen LogP contribution in [0.5, 0.6) is 0 Å². The van der Waals surface area contributed by atoms with E-state index in [1.807, 2.05) is 0 Å². The summed E-state index contributed by atoms with van der Waals surface area (Å²) in [5.74, 6) is -1.84. The van der Waals surface area contributed by atoms with E-state index in [2.05, 4.69) is 15.0 Å². The van der Waals surface area contributed by atoms with Gasteiger partial charge in [0.05, 0.1) is 19.3 Å². The fraction of sp³-hybridized carbons (Fsp3) is 0.500. The maximum atomic E-state index is 11.7. The standard InChI is InChI=1S/C16H18N4O7S/c1-7(21)25-10-4-24-16(13(27-9(3)23)12(10)26-8(2)22)20-6-19-11-14(20)17-5-18-15(11)28/h5-6,10,12-13,16H,4H2,1-3H3,(H,17,18,28). The Morgan fingerprint density at radius 1 is 1.11 bits per heavy atom. The third-order valence-corrected chi connectivity index (χ3v) is 4.28. The summed E-state index contributed by atoms with van der Waals surface area (Å²) in [5.41, 5.74) is 0.906. The maximum Gasteiger partial charge on any atom is 0.303 e. The normalized spacial score (nSPS) is 24.5. The zero-order valence-corrected chi connectivity index (χ0v) is 16.1. The van der Waals surface area contributed by atoms with Gasteiger partial charge in [0.1, 0.15) is 11.2 Å². The number of nitrogens with one attached hydrogen (secondary N) is 1. The molecule has 4 unspecified atom stereocenters. The van der Waals surface area contributed by atoms with Crippen molar-refractivity contribution in [3.8, 4) is 0 Å². The van der Waals surface area contributed by atoms with Crippen molar-refractivity contribution in [2.45, 2.75) is 45.3 Å². The van der Waals surface area contributed by atoms with Crippen LogP contribution in [0.15, 0.2) is 12.7 Å². The number of aromatic amines is 1. The summed E-state index contributed by atoms with van der Waals surface area (Å²) in [6.45, 7) is 3.54. The molecule has 28 heavy (non-hydrogen) atoms. The van der Waals surface area contributed by atoms with Crippen LogP contribution in [0.2, 0.25) is 0 Å². The van der Waals surface area contributed by atoms with Gasteiger partial charge in [-0.05, 0) is 0 Å². The first-order valence-electron chi connectivity index (χ1n) is 8.31. The lowest BCUT2D eigenvalue weighted by atomic mass is 10.0. The number of hydrogen-bond acceptors (Lipinski definition) is 10. The zero-order chi connectivity index (χ0) is 20.4. The molecule has 0 saturated carbocycles. The van der Waals surface area contributed by atoms with Crippen LogP contribution >= 0.6 is 12.2 Å². The van der Waals surface area contributed by atoms with Crippen LogP contribution in [0, 0.1) is 4.64 Å². The van der Waals surface area contributed by atoms with Gasteiger partial charge in [-0.1, -0.05) is 12.2 Å². The first-order valence-corrected chi connectivity index (χ1v) is 8.72. The summed E-state index contributed by atoms with van der Waals surface area (Å²) in [7, 11) is 0. The predicted molar refractivity (Wildman–Crippen MR) is 94.4 cm³/mol. The highest BCUT2D eigenvalue weighted by Gasteiger charge is 2.48. The molecule has 1 aliphatic rings. The molecule has 1 saturated heterocycles. The molecule has 4 atom stereocenters. The number of ether oxygens (including phenoxy) is 4. The van der Waals surface area contributed by atoms with Crippen molar-refractivity contribution in [2.75, 3.05) is 6.61 Å².